The van der Waals surface area contributed by atoms with Crippen LogP contribution in [0.1, 0.15) is 40.0 Å². The van der Waals surface area contributed by atoms with E-state index in [0.29, 0.717) is 11.8 Å². The highest BCUT2D eigenvalue weighted by atomic mass is 16.1. The van der Waals surface area contributed by atoms with Gasteiger partial charge in [-0.05, 0) is 31.1 Å². The first-order chi connectivity index (χ1) is 6.99. The van der Waals surface area contributed by atoms with Crippen molar-refractivity contribution in [2.45, 2.75) is 46.1 Å². The van der Waals surface area contributed by atoms with Gasteiger partial charge < -0.3 is 11.1 Å². The molecule has 0 aromatic rings. The van der Waals surface area contributed by atoms with Gasteiger partial charge in [0, 0.05) is 18.5 Å². The lowest BCUT2D eigenvalue weighted by molar-refractivity contribution is -0.126. The molecule has 0 aromatic heterocycles. The topological polar surface area (TPSA) is 55.1 Å². The maximum atomic E-state index is 11.8. The molecule has 0 heterocycles. The Morgan fingerprint density at radius 1 is 1.40 bits per heavy atom. The maximum absolute atomic E-state index is 11.8. The molecule has 0 radical (unpaired) electrons. The van der Waals surface area contributed by atoms with Crippen LogP contribution < -0.4 is 11.1 Å². The Kier molecular flexibility index (Phi) is 4.58. The molecular formula is C12H24N2O. The van der Waals surface area contributed by atoms with Crippen molar-refractivity contribution in [1.82, 2.24) is 5.32 Å². The van der Waals surface area contributed by atoms with E-state index in [4.69, 9.17) is 5.73 Å². The van der Waals surface area contributed by atoms with Crippen molar-refractivity contribution in [2.24, 2.45) is 23.5 Å². The van der Waals surface area contributed by atoms with Gasteiger partial charge >= 0.3 is 0 Å². The molecule has 1 saturated carbocycles. The van der Waals surface area contributed by atoms with Gasteiger partial charge in [0.05, 0.1) is 0 Å². The Morgan fingerprint density at radius 3 is 2.60 bits per heavy atom. The van der Waals surface area contributed by atoms with Gasteiger partial charge in [0.2, 0.25) is 5.91 Å². The predicted molar refractivity (Wildman–Crippen MR) is 62.3 cm³/mol. The number of hydrogen-bond acceptors (Lipinski definition) is 2. The van der Waals surface area contributed by atoms with E-state index in [2.05, 4.69) is 26.1 Å². The quantitative estimate of drug-likeness (QED) is 0.745. The minimum Gasteiger partial charge on any atom is -0.356 e. The van der Waals surface area contributed by atoms with Crippen LogP contribution in [0.15, 0.2) is 0 Å². The van der Waals surface area contributed by atoms with Crippen molar-refractivity contribution in [3.63, 3.8) is 0 Å². The van der Waals surface area contributed by atoms with E-state index in [1.54, 1.807) is 0 Å². The van der Waals surface area contributed by atoms with Gasteiger partial charge in [-0.25, -0.2) is 0 Å². The molecule has 3 heteroatoms. The maximum Gasteiger partial charge on any atom is 0.223 e. The molecule has 1 amide bonds. The van der Waals surface area contributed by atoms with Crippen molar-refractivity contribution < 1.29 is 4.79 Å². The Labute approximate surface area is 92.8 Å². The Balaban J connectivity index is 2.38. The summed E-state index contributed by atoms with van der Waals surface area (Å²) in [4.78, 5) is 11.8. The van der Waals surface area contributed by atoms with Gasteiger partial charge in [0.1, 0.15) is 0 Å². The van der Waals surface area contributed by atoms with Crippen molar-refractivity contribution in [3.05, 3.63) is 0 Å². The molecule has 1 fully saturated rings. The highest BCUT2D eigenvalue weighted by Crippen LogP contribution is 2.28. The third-order valence-electron chi connectivity index (χ3n) is 3.03. The van der Waals surface area contributed by atoms with Crippen LogP contribution in [0.4, 0.5) is 0 Å². The van der Waals surface area contributed by atoms with E-state index in [1.807, 2.05) is 0 Å². The predicted octanol–water partition coefficient (Wildman–Crippen LogP) is 1.52. The zero-order valence-corrected chi connectivity index (χ0v) is 10.1. The first-order valence-electron chi connectivity index (χ1n) is 6.02. The third-order valence-corrected chi connectivity index (χ3v) is 3.03. The number of carbonyl (C=O) groups excluding carboxylic acids is 1. The second-order valence-corrected chi connectivity index (χ2v) is 5.41. The molecule has 0 aliphatic heterocycles. The summed E-state index contributed by atoms with van der Waals surface area (Å²) in [6.07, 6.45) is 2.92. The number of carbonyl (C=O) groups is 1. The Morgan fingerprint density at radius 2 is 2.07 bits per heavy atom. The molecular weight excluding hydrogens is 188 g/mol. The zero-order valence-electron chi connectivity index (χ0n) is 10.1. The van der Waals surface area contributed by atoms with E-state index >= 15 is 0 Å². The van der Waals surface area contributed by atoms with Crippen LogP contribution in [-0.4, -0.2) is 18.5 Å². The molecule has 0 saturated heterocycles. The van der Waals surface area contributed by atoms with E-state index in [1.165, 1.54) is 0 Å². The lowest BCUT2D eigenvalue weighted by Crippen LogP contribution is -2.41. The van der Waals surface area contributed by atoms with Crippen molar-refractivity contribution in [2.75, 3.05) is 6.54 Å². The molecule has 0 bridgehead atoms. The smallest absolute Gasteiger partial charge is 0.223 e. The number of rotatable bonds is 3. The standard InChI is InChI=1S/C12H24N2O/c1-8(2)7-14-12(15)10-4-9(3)5-11(13)6-10/h8-11H,4-7,13H2,1-3H3,(H,14,15). The van der Waals surface area contributed by atoms with Gasteiger partial charge in [-0.2, -0.15) is 0 Å². The summed E-state index contributed by atoms with van der Waals surface area (Å²) < 4.78 is 0. The second kappa shape index (κ2) is 5.50. The minimum atomic E-state index is 0.141. The first-order valence-corrected chi connectivity index (χ1v) is 6.02. The number of amides is 1. The fourth-order valence-electron chi connectivity index (χ4n) is 2.32. The summed E-state index contributed by atoms with van der Waals surface area (Å²) in [6.45, 7) is 7.17. The Hall–Kier alpha value is -0.570. The van der Waals surface area contributed by atoms with E-state index in [0.717, 1.165) is 25.8 Å². The first kappa shape index (κ1) is 12.5. The van der Waals surface area contributed by atoms with Crippen LogP contribution in [0.25, 0.3) is 0 Å². The van der Waals surface area contributed by atoms with E-state index in [9.17, 15) is 4.79 Å². The van der Waals surface area contributed by atoms with Crippen LogP contribution in [0, 0.1) is 17.8 Å². The molecule has 88 valence electrons. The van der Waals surface area contributed by atoms with E-state index in [-0.39, 0.29) is 17.9 Å². The van der Waals surface area contributed by atoms with Gasteiger partial charge in [-0.3, -0.25) is 4.79 Å². The molecule has 15 heavy (non-hydrogen) atoms. The summed E-state index contributed by atoms with van der Waals surface area (Å²) >= 11 is 0. The monoisotopic (exact) mass is 212 g/mol. The molecule has 1 rings (SSSR count). The van der Waals surface area contributed by atoms with Crippen LogP contribution >= 0.6 is 0 Å². The highest BCUT2D eigenvalue weighted by Gasteiger charge is 2.28. The molecule has 0 spiro atoms. The molecule has 3 N–H and O–H groups in total. The summed E-state index contributed by atoms with van der Waals surface area (Å²) in [5, 5.41) is 3.00. The summed E-state index contributed by atoms with van der Waals surface area (Å²) in [7, 11) is 0. The molecule has 3 unspecified atom stereocenters. The number of nitrogens with two attached hydrogens (primary N) is 1. The Bertz CT molecular complexity index is 206. The largest absolute Gasteiger partial charge is 0.356 e. The van der Waals surface area contributed by atoms with Crippen LogP contribution in [0.5, 0.6) is 0 Å². The molecule has 0 aromatic carbocycles. The highest BCUT2D eigenvalue weighted by molar-refractivity contribution is 5.78. The van der Waals surface area contributed by atoms with Gasteiger partial charge in [0.15, 0.2) is 0 Å². The van der Waals surface area contributed by atoms with Crippen LogP contribution in [-0.2, 0) is 4.79 Å². The second-order valence-electron chi connectivity index (χ2n) is 5.41. The normalized spacial score (nSPS) is 31.7. The lowest BCUT2D eigenvalue weighted by atomic mass is 9.79. The molecule has 3 nitrogen and oxygen atoms in total. The van der Waals surface area contributed by atoms with Gasteiger partial charge in [0.25, 0.3) is 0 Å². The summed E-state index contributed by atoms with van der Waals surface area (Å²) in [6, 6.07) is 0.212. The van der Waals surface area contributed by atoms with Gasteiger partial charge in [-0.1, -0.05) is 20.8 Å². The lowest BCUT2D eigenvalue weighted by Gasteiger charge is -2.30. The molecule has 3 atom stereocenters. The van der Waals surface area contributed by atoms with Gasteiger partial charge in [-0.15, -0.1) is 0 Å². The van der Waals surface area contributed by atoms with E-state index < -0.39 is 0 Å². The number of hydrogen-bond donors (Lipinski definition) is 2. The average molecular weight is 212 g/mol. The minimum absolute atomic E-state index is 0.141. The summed E-state index contributed by atoms with van der Waals surface area (Å²) in [5.41, 5.74) is 5.93. The fourth-order valence-corrected chi connectivity index (χ4v) is 2.32. The fraction of sp³-hybridized carbons (Fsp3) is 0.917. The number of nitrogens with one attached hydrogen (secondary N) is 1. The average Bonchev–Trinajstić information content (AvgIpc) is 2.12. The summed E-state index contributed by atoms with van der Waals surface area (Å²) in [5.74, 6) is 1.44. The molecule has 1 aliphatic carbocycles. The van der Waals surface area contributed by atoms with Crippen molar-refractivity contribution >= 4 is 5.91 Å². The zero-order chi connectivity index (χ0) is 11.4. The SMILES string of the molecule is CC(C)CNC(=O)C1CC(C)CC(N)C1. The van der Waals surface area contributed by atoms with Crippen LogP contribution in [0.2, 0.25) is 0 Å². The van der Waals surface area contributed by atoms with Crippen molar-refractivity contribution in [3.8, 4) is 0 Å². The van der Waals surface area contributed by atoms with Crippen molar-refractivity contribution in [1.29, 1.82) is 0 Å². The van der Waals surface area contributed by atoms with Crippen LogP contribution in [0.3, 0.4) is 0 Å². The molecule has 1 aliphatic rings. The third kappa shape index (κ3) is 4.20.